The fourth-order valence-corrected chi connectivity index (χ4v) is 3.86. The van der Waals surface area contributed by atoms with Crippen molar-refractivity contribution in [3.05, 3.63) is 18.1 Å². The van der Waals surface area contributed by atoms with Gasteiger partial charge in [-0.15, -0.1) is 10.2 Å². The van der Waals surface area contributed by atoms with Crippen LogP contribution in [0.15, 0.2) is 17.6 Å². The topological polar surface area (TPSA) is 89.3 Å². The van der Waals surface area contributed by atoms with Crippen LogP contribution in [0.4, 0.5) is 0 Å². The first-order valence-corrected chi connectivity index (χ1v) is 8.93. The van der Waals surface area contributed by atoms with Crippen LogP contribution >= 0.6 is 23.5 Å². The lowest BCUT2D eigenvalue weighted by atomic mass is 10.2. The third kappa shape index (κ3) is 3.25. The highest BCUT2D eigenvalue weighted by Crippen LogP contribution is 2.21. The molecule has 0 radical (unpaired) electrons. The SMILES string of the molecule is CCc1cc2nncn2c(SCC(=O)NC2CCSC2=O)n1. The molecule has 1 aliphatic rings. The van der Waals surface area contributed by atoms with Crippen molar-refractivity contribution in [3.8, 4) is 0 Å². The van der Waals surface area contributed by atoms with Crippen LogP contribution in [0.2, 0.25) is 0 Å². The summed E-state index contributed by atoms with van der Waals surface area (Å²) in [4.78, 5) is 28.0. The molecule has 9 heteroatoms. The Morgan fingerprint density at radius 2 is 2.45 bits per heavy atom. The molecule has 1 unspecified atom stereocenters. The van der Waals surface area contributed by atoms with Crippen molar-refractivity contribution >= 4 is 40.2 Å². The molecule has 1 N–H and O–H groups in total. The molecule has 1 atom stereocenters. The van der Waals surface area contributed by atoms with Crippen LogP contribution in [-0.2, 0) is 16.0 Å². The molecule has 22 heavy (non-hydrogen) atoms. The maximum absolute atomic E-state index is 12.0. The minimum Gasteiger partial charge on any atom is -0.345 e. The number of aryl methyl sites for hydroxylation is 1. The minimum atomic E-state index is -0.344. The van der Waals surface area contributed by atoms with Crippen LogP contribution in [0.25, 0.3) is 5.65 Å². The van der Waals surface area contributed by atoms with E-state index in [2.05, 4.69) is 20.5 Å². The molecule has 1 fully saturated rings. The molecule has 3 rings (SSSR count). The van der Waals surface area contributed by atoms with Gasteiger partial charge in [0.25, 0.3) is 0 Å². The van der Waals surface area contributed by atoms with Crippen molar-refractivity contribution in [2.45, 2.75) is 31.0 Å². The second-order valence-electron chi connectivity index (χ2n) is 4.81. The van der Waals surface area contributed by atoms with E-state index in [9.17, 15) is 9.59 Å². The van der Waals surface area contributed by atoms with Gasteiger partial charge in [0, 0.05) is 17.5 Å². The lowest BCUT2D eigenvalue weighted by Gasteiger charge is -2.10. The van der Waals surface area contributed by atoms with Crippen molar-refractivity contribution in [1.29, 1.82) is 0 Å². The first-order chi connectivity index (χ1) is 10.7. The summed E-state index contributed by atoms with van der Waals surface area (Å²) in [6.07, 6.45) is 3.08. The van der Waals surface area contributed by atoms with Crippen molar-refractivity contribution in [2.75, 3.05) is 11.5 Å². The van der Waals surface area contributed by atoms with E-state index >= 15 is 0 Å². The van der Waals surface area contributed by atoms with Crippen molar-refractivity contribution in [3.63, 3.8) is 0 Å². The Kier molecular flexibility index (Phi) is 4.63. The first kappa shape index (κ1) is 15.3. The Bertz CT molecular complexity index is 718. The van der Waals surface area contributed by atoms with Gasteiger partial charge in [0.05, 0.1) is 11.8 Å². The first-order valence-electron chi connectivity index (χ1n) is 6.96. The normalized spacial score (nSPS) is 18.0. The standard InChI is InChI=1S/C13H15N5O2S2/c1-2-8-5-10-17-14-7-18(10)13(15-8)22-6-11(19)16-9-3-4-21-12(9)20/h5,7,9H,2-4,6H2,1H3,(H,16,19). The van der Waals surface area contributed by atoms with Gasteiger partial charge in [-0.3, -0.25) is 14.0 Å². The smallest absolute Gasteiger partial charge is 0.231 e. The van der Waals surface area contributed by atoms with Gasteiger partial charge in [-0.1, -0.05) is 30.4 Å². The lowest BCUT2D eigenvalue weighted by molar-refractivity contribution is -0.122. The van der Waals surface area contributed by atoms with E-state index < -0.39 is 0 Å². The molecule has 7 nitrogen and oxygen atoms in total. The number of carbonyl (C=O) groups is 2. The number of rotatable bonds is 5. The van der Waals surface area contributed by atoms with Crippen LogP contribution in [0.1, 0.15) is 19.0 Å². The van der Waals surface area contributed by atoms with Gasteiger partial charge in [0.15, 0.2) is 10.8 Å². The number of thioether (sulfide) groups is 2. The van der Waals surface area contributed by atoms with E-state index in [0.29, 0.717) is 11.6 Å². The van der Waals surface area contributed by atoms with Gasteiger partial charge in [0.1, 0.15) is 6.33 Å². The molecule has 1 aliphatic heterocycles. The zero-order chi connectivity index (χ0) is 15.5. The molecule has 3 heterocycles. The number of hydrogen-bond acceptors (Lipinski definition) is 7. The van der Waals surface area contributed by atoms with Crippen LogP contribution in [0.5, 0.6) is 0 Å². The largest absolute Gasteiger partial charge is 0.345 e. The summed E-state index contributed by atoms with van der Waals surface area (Å²) in [5.74, 6) is 0.830. The van der Waals surface area contributed by atoms with E-state index in [4.69, 9.17) is 0 Å². The van der Waals surface area contributed by atoms with Crippen LogP contribution in [-0.4, -0.2) is 48.2 Å². The predicted octanol–water partition coefficient (Wildman–Crippen LogP) is 0.927. The second-order valence-corrected chi connectivity index (χ2v) is 6.85. The van der Waals surface area contributed by atoms with Gasteiger partial charge >= 0.3 is 0 Å². The maximum atomic E-state index is 12.0. The van der Waals surface area contributed by atoms with Gasteiger partial charge < -0.3 is 5.32 Å². The lowest BCUT2D eigenvalue weighted by Crippen LogP contribution is -2.38. The van der Waals surface area contributed by atoms with Crippen molar-refractivity contribution in [1.82, 2.24) is 24.9 Å². The molecule has 1 amide bonds. The van der Waals surface area contributed by atoms with Crippen molar-refractivity contribution in [2.24, 2.45) is 0 Å². The monoisotopic (exact) mass is 337 g/mol. The van der Waals surface area contributed by atoms with E-state index in [1.54, 1.807) is 10.7 Å². The van der Waals surface area contributed by atoms with Crippen LogP contribution in [0, 0.1) is 0 Å². The zero-order valence-electron chi connectivity index (χ0n) is 12.0. The molecular weight excluding hydrogens is 322 g/mol. The summed E-state index contributed by atoms with van der Waals surface area (Å²) in [6.45, 7) is 2.01. The third-order valence-electron chi connectivity index (χ3n) is 3.28. The van der Waals surface area contributed by atoms with Crippen LogP contribution < -0.4 is 5.32 Å². The average molecular weight is 337 g/mol. The fraction of sp³-hybridized carbons (Fsp3) is 0.462. The number of hydrogen-bond donors (Lipinski definition) is 1. The minimum absolute atomic E-state index is 0.0469. The third-order valence-corrected chi connectivity index (χ3v) is 5.24. The Morgan fingerprint density at radius 3 is 3.18 bits per heavy atom. The molecule has 0 aliphatic carbocycles. The summed E-state index contributed by atoms with van der Waals surface area (Å²) in [5.41, 5.74) is 1.63. The summed E-state index contributed by atoms with van der Waals surface area (Å²) in [5, 5.41) is 11.4. The zero-order valence-corrected chi connectivity index (χ0v) is 13.6. The maximum Gasteiger partial charge on any atom is 0.231 e. The molecule has 1 saturated heterocycles. The molecule has 0 spiro atoms. The van der Waals surface area contributed by atoms with Crippen molar-refractivity contribution < 1.29 is 9.59 Å². The molecule has 2 aromatic rings. The molecule has 0 aromatic carbocycles. The Balaban J connectivity index is 1.67. The highest BCUT2D eigenvalue weighted by Gasteiger charge is 2.26. The summed E-state index contributed by atoms with van der Waals surface area (Å²) < 4.78 is 1.76. The quantitative estimate of drug-likeness (QED) is 0.641. The summed E-state index contributed by atoms with van der Waals surface area (Å²) in [6, 6.07) is 1.54. The van der Waals surface area contributed by atoms with Gasteiger partial charge in [-0.2, -0.15) is 0 Å². The summed E-state index contributed by atoms with van der Waals surface area (Å²) in [7, 11) is 0. The highest BCUT2D eigenvalue weighted by atomic mass is 32.2. The molecule has 0 saturated carbocycles. The molecular formula is C13H15N5O2S2. The number of aromatic nitrogens is 4. The highest BCUT2D eigenvalue weighted by molar-refractivity contribution is 8.14. The molecule has 116 valence electrons. The van der Waals surface area contributed by atoms with E-state index in [1.807, 2.05) is 13.0 Å². The second kappa shape index (κ2) is 6.66. The summed E-state index contributed by atoms with van der Waals surface area (Å²) >= 11 is 2.59. The van der Waals surface area contributed by atoms with E-state index in [1.165, 1.54) is 23.5 Å². The number of nitrogens with one attached hydrogen (secondary N) is 1. The van der Waals surface area contributed by atoms with Gasteiger partial charge in [0.2, 0.25) is 11.0 Å². The van der Waals surface area contributed by atoms with Gasteiger partial charge in [-0.25, -0.2) is 4.98 Å². The van der Waals surface area contributed by atoms with Gasteiger partial charge in [-0.05, 0) is 12.8 Å². The number of amides is 1. The number of fused-ring (bicyclic) bond motifs is 1. The Morgan fingerprint density at radius 1 is 1.59 bits per heavy atom. The fourth-order valence-electron chi connectivity index (χ4n) is 2.12. The van der Waals surface area contributed by atoms with E-state index in [0.717, 1.165) is 23.5 Å². The number of nitrogens with zero attached hydrogens (tertiary/aromatic N) is 4. The average Bonchev–Trinajstić information content (AvgIpc) is 3.14. The van der Waals surface area contributed by atoms with E-state index in [-0.39, 0.29) is 22.8 Å². The molecule has 2 aromatic heterocycles. The Hall–Kier alpha value is -1.61. The number of carbonyl (C=O) groups excluding carboxylic acids is 2. The predicted molar refractivity (Wildman–Crippen MR) is 84.9 cm³/mol. The Labute approximate surface area is 135 Å². The molecule has 0 bridgehead atoms. The van der Waals surface area contributed by atoms with Crippen LogP contribution in [0.3, 0.4) is 0 Å².